The monoisotopic (exact) mass is 417 g/mol. The predicted molar refractivity (Wildman–Crippen MR) is 117 cm³/mol. The number of ether oxygens (including phenoxy) is 2. The zero-order valence-corrected chi connectivity index (χ0v) is 17.6. The first-order valence-electron chi connectivity index (χ1n) is 9.87. The molecule has 0 fully saturated rings. The number of aromatic nitrogens is 4. The van der Waals surface area contributed by atoms with Crippen molar-refractivity contribution in [3.63, 3.8) is 0 Å². The molecule has 158 valence electrons. The second kappa shape index (κ2) is 8.83. The maximum absolute atomic E-state index is 12.5. The van der Waals surface area contributed by atoms with E-state index in [2.05, 4.69) is 20.3 Å². The Labute approximate surface area is 179 Å². The molecule has 1 amide bonds. The fraction of sp³-hybridized carbons (Fsp3) is 0.217. The Hall–Kier alpha value is -3.94. The quantitative estimate of drug-likeness (QED) is 0.493. The third kappa shape index (κ3) is 4.32. The normalized spacial score (nSPS) is 10.8. The van der Waals surface area contributed by atoms with Crippen LogP contribution in [0.3, 0.4) is 0 Å². The van der Waals surface area contributed by atoms with Crippen LogP contribution in [-0.2, 0) is 11.2 Å². The number of hydrogen-bond acceptors (Lipinski definition) is 6. The van der Waals surface area contributed by atoms with Gasteiger partial charge in [0.2, 0.25) is 11.9 Å². The van der Waals surface area contributed by atoms with Crippen LogP contribution in [-0.4, -0.2) is 39.5 Å². The predicted octanol–water partition coefficient (Wildman–Crippen LogP) is 3.69. The van der Waals surface area contributed by atoms with Gasteiger partial charge in [-0.2, -0.15) is 0 Å². The number of carbonyl (C=O) groups is 1. The van der Waals surface area contributed by atoms with Crippen molar-refractivity contribution in [2.45, 2.75) is 19.8 Å². The first-order valence-corrected chi connectivity index (χ1v) is 9.87. The van der Waals surface area contributed by atoms with Crippen molar-refractivity contribution in [1.82, 2.24) is 19.4 Å². The molecule has 4 aromatic rings. The average molecular weight is 417 g/mol. The Morgan fingerprint density at radius 2 is 1.90 bits per heavy atom. The number of nitrogens with zero attached hydrogens (tertiary/aromatic N) is 4. The van der Waals surface area contributed by atoms with Crippen molar-refractivity contribution >= 4 is 17.5 Å². The SMILES string of the molecule is COc1ccc(CCC(=O)Nc2nccc(-c3c(C)nc4ccccn34)n2)cc1OC. The fourth-order valence-electron chi connectivity index (χ4n) is 3.45. The molecule has 0 atom stereocenters. The molecule has 4 rings (SSSR count). The molecule has 0 spiro atoms. The molecule has 0 aliphatic rings. The van der Waals surface area contributed by atoms with Crippen LogP contribution < -0.4 is 14.8 Å². The third-order valence-corrected chi connectivity index (χ3v) is 4.94. The summed E-state index contributed by atoms with van der Waals surface area (Å²) in [6.45, 7) is 1.94. The summed E-state index contributed by atoms with van der Waals surface area (Å²) >= 11 is 0. The van der Waals surface area contributed by atoms with Crippen LogP contribution in [0.5, 0.6) is 11.5 Å². The number of hydrogen-bond donors (Lipinski definition) is 1. The number of rotatable bonds is 7. The average Bonchev–Trinajstić information content (AvgIpc) is 3.13. The van der Waals surface area contributed by atoms with E-state index in [9.17, 15) is 4.79 Å². The van der Waals surface area contributed by atoms with Gasteiger partial charge in [-0.15, -0.1) is 0 Å². The van der Waals surface area contributed by atoms with Crippen molar-refractivity contribution in [3.05, 3.63) is 66.1 Å². The molecule has 0 unspecified atom stereocenters. The number of amides is 1. The Balaban J connectivity index is 1.47. The molecule has 1 N–H and O–H groups in total. The van der Waals surface area contributed by atoms with Crippen LogP contribution in [0.4, 0.5) is 5.95 Å². The Morgan fingerprint density at radius 1 is 1.06 bits per heavy atom. The van der Waals surface area contributed by atoms with Crippen molar-refractivity contribution in [2.75, 3.05) is 19.5 Å². The van der Waals surface area contributed by atoms with Gasteiger partial charge in [0.25, 0.3) is 0 Å². The van der Waals surface area contributed by atoms with Crippen molar-refractivity contribution in [3.8, 4) is 22.9 Å². The molecule has 0 saturated heterocycles. The zero-order chi connectivity index (χ0) is 21.8. The Kier molecular flexibility index (Phi) is 5.79. The van der Waals surface area contributed by atoms with E-state index in [1.165, 1.54) is 0 Å². The molecule has 31 heavy (non-hydrogen) atoms. The maximum atomic E-state index is 12.5. The number of anilines is 1. The summed E-state index contributed by atoms with van der Waals surface area (Å²) in [5.41, 5.74) is 4.24. The van der Waals surface area contributed by atoms with Gasteiger partial charge in [-0.3, -0.25) is 14.5 Å². The molecule has 0 radical (unpaired) electrons. The molecule has 0 aliphatic heterocycles. The molecule has 3 aromatic heterocycles. The van der Waals surface area contributed by atoms with Crippen LogP contribution in [0.1, 0.15) is 17.7 Å². The van der Waals surface area contributed by atoms with Crippen molar-refractivity contribution < 1.29 is 14.3 Å². The first-order chi connectivity index (χ1) is 15.1. The lowest BCUT2D eigenvalue weighted by atomic mass is 10.1. The summed E-state index contributed by atoms with van der Waals surface area (Å²) in [4.78, 5) is 25.8. The zero-order valence-electron chi connectivity index (χ0n) is 17.6. The molecule has 3 heterocycles. The fourth-order valence-corrected chi connectivity index (χ4v) is 3.45. The number of aryl methyl sites for hydroxylation is 2. The minimum absolute atomic E-state index is 0.165. The van der Waals surface area contributed by atoms with Gasteiger partial charge in [0.05, 0.1) is 31.3 Å². The Bertz CT molecular complexity index is 1240. The number of carbonyl (C=O) groups excluding carboxylic acids is 1. The minimum atomic E-state index is -0.165. The lowest BCUT2D eigenvalue weighted by molar-refractivity contribution is -0.116. The van der Waals surface area contributed by atoms with E-state index in [4.69, 9.17) is 9.47 Å². The number of pyridine rings is 1. The highest BCUT2D eigenvalue weighted by atomic mass is 16.5. The van der Waals surface area contributed by atoms with E-state index in [0.717, 1.165) is 22.6 Å². The maximum Gasteiger partial charge on any atom is 0.229 e. The van der Waals surface area contributed by atoms with E-state index in [1.54, 1.807) is 20.4 Å². The molecular formula is C23H23N5O3. The Morgan fingerprint density at radius 3 is 2.71 bits per heavy atom. The van der Waals surface area contributed by atoms with Gasteiger partial charge in [0, 0.05) is 18.8 Å². The van der Waals surface area contributed by atoms with Crippen LogP contribution >= 0.6 is 0 Å². The lowest BCUT2D eigenvalue weighted by Gasteiger charge is -2.10. The lowest BCUT2D eigenvalue weighted by Crippen LogP contribution is -2.15. The van der Waals surface area contributed by atoms with E-state index in [0.29, 0.717) is 23.6 Å². The second-order valence-corrected chi connectivity index (χ2v) is 6.98. The summed E-state index contributed by atoms with van der Waals surface area (Å²) in [5.74, 6) is 1.39. The summed E-state index contributed by atoms with van der Waals surface area (Å²) in [6, 6.07) is 13.2. The number of methoxy groups -OCH3 is 2. The van der Waals surface area contributed by atoms with E-state index in [-0.39, 0.29) is 18.3 Å². The van der Waals surface area contributed by atoms with Gasteiger partial charge in [0.15, 0.2) is 11.5 Å². The number of fused-ring (bicyclic) bond motifs is 1. The summed E-state index contributed by atoms with van der Waals surface area (Å²) in [6.07, 6.45) is 4.41. The third-order valence-electron chi connectivity index (χ3n) is 4.94. The highest BCUT2D eigenvalue weighted by Gasteiger charge is 2.14. The smallest absolute Gasteiger partial charge is 0.229 e. The highest BCUT2D eigenvalue weighted by Crippen LogP contribution is 2.28. The molecule has 8 heteroatoms. The number of nitrogens with one attached hydrogen (secondary N) is 1. The summed E-state index contributed by atoms with van der Waals surface area (Å²) in [7, 11) is 3.18. The first kappa shape index (κ1) is 20.3. The summed E-state index contributed by atoms with van der Waals surface area (Å²) < 4.78 is 12.5. The highest BCUT2D eigenvalue weighted by molar-refractivity contribution is 5.89. The number of benzene rings is 1. The van der Waals surface area contributed by atoms with Gasteiger partial charge in [-0.25, -0.2) is 15.0 Å². The second-order valence-electron chi connectivity index (χ2n) is 6.98. The van der Waals surface area contributed by atoms with Gasteiger partial charge < -0.3 is 9.47 Å². The van der Waals surface area contributed by atoms with Gasteiger partial charge in [0.1, 0.15) is 5.65 Å². The molecule has 0 bridgehead atoms. The van der Waals surface area contributed by atoms with Crippen LogP contribution in [0.15, 0.2) is 54.9 Å². The van der Waals surface area contributed by atoms with Gasteiger partial charge in [-0.1, -0.05) is 12.1 Å². The van der Waals surface area contributed by atoms with Crippen LogP contribution in [0, 0.1) is 6.92 Å². The van der Waals surface area contributed by atoms with Crippen LogP contribution in [0.2, 0.25) is 0 Å². The van der Waals surface area contributed by atoms with Gasteiger partial charge in [-0.05, 0) is 49.2 Å². The molecule has 0 saturated carbocycles. The van der Waals surface area contributed by atoms with E-state index >= 15 is 0 Å². The minimum Gasteiger partial charge on any atom is -0.493 e. The largest absolute Gasteiger partial charge is 0.493 e. The topological polar surface area (TPSA) is 90.6 Å². The molecule has 8 nitrogen and oxygen atoms in total. The standard InChI is InChI=1S/C23H23N5O3/c1-15-22(28-13-5-4-6-20(28)25-15)17-11-12-24-23(26-17)27-21(29)10-8-16-7-9-18(30-2)19(14-16)31-3/h4-7,9,11-14H,8,10H2,1-3H3,(H,24,26,27,29). The van der Waals surface area contributed by atoms with Gasteiger partial charge >= 0.3 is 0 Å². The van der Waals surface area contributed by atoms with E-state index in [1.807, 2.05) is 60.0 Å². The van der Waals surface area contributed by atoms with E-state index < -0.39 is 0 Å². The van der Waals surface area contributed by atoms with Crippen molar-refractivity contribution in [1.29, 1.82) is 0 Å². The van der Waals surface area contributed by atoms with Crippen LogP contribution in [0.25, 0.3) is 17.0 Å². The molecule has 1 aromatic carbocycles. The van der Waals surface area contributed by atoms with Crippen molar-refractivity contribution in [2.24, 2.45) is 0 Å². The molecule has 0 aliphatic carbocycles. The number of imidazole rings is 1. The molecular weight excluding hydrogens is 394 g/mol. The summed E-state index contributed by atoms with van der Waals surface area (Å²) in [5, 5.41) is 2.79.